The third kappa shape index (κ3) is 3.48. The largest absolute Gasteiger partial charge is 0.494 e. The summed E-state index contributed by atoms with van der Waals surface area (Å²) in [5.74, 6) is 0.550. The molecule has 2 rings (SSSR count). The predicted molar refractivity (Wildman–Crippen MR) is 79.5 cm³/mol. The van der Waals surface area contributed by atoms with E-state index in [1.165, 1.54) is 0 Å². The van der Waals surface area contributed by atoms with Crippen molar-refractivity contribution in [2.45, 2.75) is 13.8 Å². The summed E-state index contributed by atoms with van der Waals surface area (Å²) >= 11 is 5.78. The number of amides is 1. The molecule has 1 N–H and O–H groups in total. The molecular formula is C15H15ClN2O2. The van der Waals surface area contributed by atoms with Crippen molar-refractivity contribution >= 4 is 23.2 Å². The van der Waals surface area contributed by atoms with Crippen molar-refractivity contribution in [3.8, 4) is 5.75 Å². The fourth-order valence-corrected chi connectivity index (χ4v) is 1.92. The Balaban J connectivity index is 2.11. The van der Waals surface area contributed by atoms with E-state index in [0.29, 0.717) is 28.7 Å². The molecule has 20 heavy (non-hydrogen) atoms. The van der Waals surface area contributed by atoms with Gasteiger partial charge in [0.25, 0.3) is 5.91 Å². The van der Waals surface area contributed by atoms with Gasteiger partial charge in [-0.15, -0.1) is 0 Å². The Morgan fingerprint density at radius 1 is 1.25 bits per heavy atom. The highest BCUT2D eigenvalue weighted by Crippen LogP contribution is 2.18. The first-order valence-corrected chi connectivity index (χ1v) is 6.65. The van der Waals surface area contributed by atoms with Gasteiger partial charge in [-0.1, -0.05) is 11.6 Å². The van der Waals surface area contributed by atoms with Crippen LogP contribution in [0.2, 0.25) is 5.15 Å². The second kappa shape index (κ2) is 6.39. The van der Waals surface area contributed by atoms with Crippen LogP contribution in [-0.4, -0.2) is 17.5 Å². The second-order valence-corrected chi connectivity index (χ2v) is 4.57. The highest BCUT2D eigenvalue weighted by Gasteiger charge is 2.08. The van der Waals surface area contributed by atoms with Gasteiger partial charge in [0.1, 0.15) is 10.9 Å². The lowest BCUT2D eigenvalue weighted by Crippen LogP contribution is -2.13. The van der Waals surface area contributed by atoms with Crippen LogP contribution in [0.4, 0.5) is 5.69 Å². The van der Waals surface area contributed by atoms with E-state index >= 15 is 0 Å². The molecule has 1 aromatic carbocycles. The van der Waals surface area contributed by atoms with Crippen molar-refractivity contribution < 1.29 is 9.53 Å². The first kappa shape index (κ1) is 14.3. The molecule has 1 amide bonds. The summed E-state index contributed by atoms with van der Waals surface area (Å²) in [4.78, 5) is 16.2. The zero-order chi connectivity index (χ0) is 14.5. The van der Waals surface area contributed by atoms with E-state index in [-0.39, 0.29) is 5.91 Å². The van der Waals surface area contributed by atoms with Crippen molar-refractivity contribution in [2.75, 3.05) is 11.9 Å². The van der Waals surface area contributed by atoms with Crippen LogP contribution in [0, 0.1) is 6.92 Å². The maximum Gasteiger partial charge on any atom is 0.255 e. The Hall–Kier alpha value is -2.07. The van der Waals surface area contributed by atoms with E-state index in [2.05, 4.69) is 10.3 Å². The van der Waals surface area contributed by atoms with Gasteiger partial charge in [0.15, 0.2) is 0 Å². The average molecular weight is 291 g/mol. The number of nitrogens with one attached hydrogen (secondary N) is 1. The molecule has 0 bridgehead atoms. The summed E-state index contributed by atoms with van der Waals surface area (Å²) in [6, 6.07) is 10.4. The minimum absolute atomic E-state index is 0.194. The Morgan fingerprint density at radius 2 is 1.95 bits per heavy atom. The normalized spacial score (nSPS) is 10.2. The first-order valence-electron chi connectivity index (χ1n) is 6.27. The van der Waals surface area contributed by atoms with Crippen molar-refractivity contribution in [3.63, 3.8) is 0 Å². The van der Waals surface area contributed by atoms with E-state index < -0.39 is 0 Å². The van der Waals surface area contributed by atoms with Gasteiger partial charge in [-0.05, 0) is 50.2 Å². The molecule has 1 aromatic heterocycles. The van der Waals surface area contributed by atoms with Gasteiger partial charge >= 0.3 is 0 Å². The third-order valence-electron chi connectivity index (χ3n) is 2.73. The van der Waals surface area contributed by atoms with E-state index in [1.807, 2.05) is 6.92 Å². The third-order valence-corrected chi connectivity index (χ3v) is 2.94. The van der Waals surface area contributed by atoms with Gasteiger partial charge in [-0.3, -0.25) is 4.79 Å². The number of ether oxygens (including phenoxy) is 1. The minimum Gasteiger partial charge on any atom is -0.494 e. The lowest BCUT2D eigenvalue weighted by molar-refractivity contribution is 0.102. The Bertz CT molecular complexity index is 612. The number of anilines is 1. The fraction of sp³-hybridized carbons (Fsp3) is 0.200. The number of nitrogens with zero attached hydrogens (tertiary/aromatic N) is 1. The SMILES string of the molecule is CCOc1ccc(C(=O)Nc2ccc(Cl)nc2C)cc1. The summed E-state index contributed by atoms with van der Waals surface area (Å²) in [6.07, 6.45) is 0. The number of rotatable bonds is 4. The molecule has 104 valence electrons. The van der Waals surface area contributed by atoms with Crippen molar-refractivity contribution in [1.82, 2.24) is 4.98 Å². The number of pyridine rings is 1. The van der Waals surface area contributed by atoms with Crippen LogP contribution in [-0.2, 0) is 0 Å². The van der Waals surface area contributed by atoms with Crippen LogP contribution in [0.1, 0.15) is 23.0 Å². The number of aryl methyl sites for hydroxylation is 1. The van der Waals surface area contributed by atoms with Crippen LogP contribution in [0.5, 0.6) is 5.75 Å². The quantitative estimate of drug-likeness (QED) is 0.874. The molecule has 1 heterocycles. The molecular weight excluding hydrogens is 276 g/mol. The highest BCUT2D eigenvalue weighted by atomic mass is 35.5. The highest BCUT2D eigenvalue weighted by molar-refractivity contribution is 6.29. The topological polar surface area (TPSA) is 51.2 Å². The van der Waals surface area contributed by atoms with Gasteiger partial charge in [0.05, 0.1) is 18.0 Å². The maximum atomic E-state index is 12.1. The second-order valence-electron chi connectivity index (χ2n) is 4.18. The zero-order valence-electron chi connectivity index (χ0n) is 11.3. The van der Waals surface area contributed by atoms with Crippen LogP contribution in [0.25, 0.3) is 0 Å². The number of carbonyl (C=O) groups excluding carboxylic acids is 1. The molecule has 0 unspecified atom stereocenters. The van der Waals surface area contributed by atoms with Crippen LogP contribution in [0.3, 0.4) is 0 Å². The van der Waals surface area contributed by atoms with E-state index in [9.17, 15) is 4.79 Å². The predicted octanol–water partition coefficient (Wildman–Crippen LogP) is 3.69. The molecule has 0 aliphatic heterocycles. The molecule has 4 nitrogen and oxygen atoms in total. The van der Waals surface area contributed by atoms with Gasteiger partial charge < -0.3 is 10.1 Å². The van der Waals surface area contributed by atoms with E-state index in [0.717, 1.165) is 5.75 Å². The number of benzene rings is 1. The summed E-state index contributed by atoms with van der Waals surface area (Å²) in [5, 5.41) is 3.21. The minimum atomic E-state index is -0.194. The average Bonchev–Trinajstić information content (AvgIpc) is 2.43. The zero-order valence-corrected chi connectivity index (χ0v) is 12.1. The Morgan fingerprint density at radius 3 is 2.55 bits per heavy atom. The maximum absolute atomic E-state index is 12.1. The fourth-order valence-electron chi connectivity index (χ4n) is 1.73. The Labute approximate surface area is 122 Å². The summed E-state index contributed by atoms with van der Waals surface area (Å²) in [6.45, 7) is 4.30. The summed E-state index contributed by atoms with van der Waals surface area (Å²) in [7, 11) is 0. The number of hydrogen-bond donors (Lipinski definition) is 1. The molecule has 0 aliphatic rings. The number of carbonyl (C=O) groups is 1. The molecule has 0 saturated heterocycles. The van der Waals surface area contributed by atoms with Gasteiger partial charge in [-0.2, -0.15) is 0 Å². The van der Waals surface area contributed by atoms with E-state index in [1.54, 1.807) is 43.3 Å². The first-order chi connectivity index (χ1) is 9.60. The summed E-state index contributed by atoms with van der Waals surface area (Å²) in [5.41, 5.74) is 1.88. The van der Waals surface area contributed by atoms with Gasteiger partial charge in [0, 0.05) is 5.56 Å². The van der Waals surface area contributed by atoms with Crippen molar-refractivity contribution in [1.29, 1.82) is 0 Å². The monoisotopic (exact) mass is 290 g/mol. The standard InChI is InChI=1S/C15H15ClN2O2/c1-3-20-12-6-4-11(5-7-12)15(19)18-13-8-9-14(16)17-10(13)2/h4-9H,3H2,1-2H3,(H,18,19). The Kier molecular flexibility index (Phi) is 4.58. The van der Waals surface area contributed by atoms with Crippen molar-refractivity contribution in [3.05, 3.63) is 52.8 Å². The number of hydrogen-bond acceptors (Lipinski definition) is 3. The smallest absolute Gasteiger partial charge is 0.255 e. The van der Waals surface area contributed by atoms with Crippen molar-refractivity contribution in [2.24, 2.45) is 0 Å². The molecule has 5 heteroatoms. The molecule has 0 atom stereocenters. The van der Waals surface area contributed by atoms with Crippen LogP contribution >= 0.6 is 11.6 Å². The molecule has 0 saturated carbocycles. The lowest BCUT2D eigenvalue weighted by Gasteiger charge is -2.08. The molecule has 0 aliphatic carbocycles. The number of halogens is 1. The van der Waals surface area contributed by atoms with Gasteiger partial charge in [-0.25, -0.2) is 4.98 Å². The number of aromatic nitrogens is 1. The summed E-state index contributed by atoms with van der Waals surface area (Å²) < 4.78 is 5.33. The van der Waals surface area contributed by atoms with Gasteiger partial charge in [0.2, 0.25) is 0 Å². The molecule has 0 spiro atoms. The molecule has 2 aromatic rings. The molecule has 0 radical (unpaired) electrons. The van der Waals surface area contributed by atoms with Crippen LogP contribution in [0.15, 0.2) is 36.4 Å². The van der Waals surface area contributed by atoms with E-state index in [4.69, 9.17) is 16.3 Å². The lowest BCUT2D eigenvalue weighted by atomic mass is 10.2. The molecule has 0 fully saturated rings. The van der Waals surface area contributed by atoms with Crippen LogP contribution < -0.4 is 10.1 Å².